The van der Waals surface area contributed by atoms with Gasteiger partial charge in [0.2, 0.25) is 5.91 Å². The number of hydrazine groups is 1. The molecule has 0 aromatic heterocycles. The highest BCUT2D eigenvalue weighted by atomic mass is 35.5. The van der Waals surface area contributed by atoms with Gasteiger partial charge in [0.25, 0.3) is 0 Å². The molecule has 0 atom stereocenters. The molecule has 1 saturated heterocycles. The number of carbonyl (C=O) groups is 1. The summed E-state index contributed by atoms with van der Waals surface area (Å²) >= 11 is 0. The zero-order chi connectivity index (χ0) is 17.8. The van der Waals surface area contributed by atoms with Crippen molar-refractivity contribution in [3.8, 4) is 5.75 Å². The summed E-state index contributed by atoms with van der Waals surface area (Å²) in [6.07, 6.45) is 3.47. The maximum atomic E-state index is 12.6. The second-order valence-corrected chi connectivity index (χ2v) is 7.18. The van der Waals surface area contributed by atoms with E-state index in [2.05, 4.69) is 37.1 Å². The highest BCUT2D eigenvalue weighted by Crippen LogP contribution is 2.38. The van der Waals surface area contributed by atoms with Gasteiger partial charge in [0.15, 0.2) is 0 Å². The Hall–Kier alpha value is -1.78. The van der Waals surface area contributed by atoms with E-state index < -0.39 is 0 Å². The lowest BCUT2D eigenvalue weighted by molar-refractivity contribution is -0.119. The van der Waals surface area contributed by atoms with Crippen LogP contribution in [0.25, 0.3) is 10.8 Å². The number of carbonyl (C=O) groups excluding carboxylic acids is 1. The maximum Gasteiger partial charge on any atom is 0.238 e. The van der Waals surface area contributed by atoms with E-state index in [1.54, 1.807) is 6.92 Å². The summed E-state index contributed by atoms with van der Waals surface area (Å²) in [7, 11) is 0. The molecule has 0 radical (unpaired) electrons. The van der Waals surface area contributed by atoms with Crippen LogP contribution in [-0.2, 0) is 4.79 Å². The van der Waals surface area contributed by atoms with Crippen LogP contribution in [0.15, 0.2) is 36.4 Å². The number of rotatable bonds is 5. The molecule has 2 aromatic carbocycles. The van der Waals surface area contributed by atoms with Gasteiger partial charge in [0.1, 0.15) is 11.4 Å². The Bertz CT molecular complexity index is 742. The van der Waals surface area contributed by atoms with Crippen molar-refractivity contribution in [1.29, 1.82) is 0 Å². The minimum Gasteiger partial charge on any atom is -0.491 e. The summed E-state index contributed by atoms with van der Waals surface area (Å²) in [5, 5.41) is 6.20. The molecule has 142 valence electrons. The minimum atomic E-state index is 0. The maximum absolute atomic E-state index is 12.6. The topological polar surface area (TPSA) is 32.8 Å². The molecule has 0 spiro atoms. The predicted molar refractivity (Wildman–Crippen MR) is 110 cm³/mol. The van der Waals surface area contributed by atoms with Gasteiger partial charge in [-0.05, 0) is 30.2 Å². The van der Waals surface area contributed by atoms with Crippen molar-refractivity contribution in [3.05, 3.63) is 36.4 Å². The van der Waals surface area contributed by atoms with E-state index in [1.165, 1.54) is 6.42 Å². The molecule has 0 unspecified atom stereocenters. The molecule has 0 bridgehead atoms. The van der Waals surface area contributed by atoms with Gasteiger partial charge >= 0.3 is 0 Å². The van der Waals surface area contributed by atoms with E-state index in [9.17, 15) is 4.79 Å². The van der Waals surface area contributed by atoms with Crippen LogP contribution >= 0.6 is 12.4 Å². The molecule has 0 saturated carbocycles. The Kier molecular flexibility index (Phi) is 7.30. The number of hydrogen-bond acceptors (Lipinski definition) is 3. The average Bonchev–Trinajstić information content (AvgIpc) is 2.61. The van der Waals surface area contributed by atoms with Crippen LogP contribution in [-0.4, -0.2) is 30.6 Å². The highest BCUT2D eigenvalue weighted by molar-refractivity contribution is 6.05. The Morgan fingerprint density at radius 3 is 2.46 bits per heavy atom. The summed E-state index contributed by atoms with van der Waals surface area (Å²) in [5.41, 5.74) is 0.883. The Morgan fingerprint density at radius 1 is 1.12 bits per heavy atom. The molecular weight excluding hydrogens is 348 g/mol. The molecule has 1 aliphatic heterocycles. The first-order chi connectivity index (χ1) is 12.1. The zero-order valence-corrected chi connectivity index (χ0v) is 16.7. The van der Waals surface area contributed by atoms with Crippen molar-refractivity contribution >= 4 is 34.8 Å². The first-order valence-electron chi connectivity index (χ1n) is 9.28. The number of hydrogen-bond donors (Lipinski definition) is 0. The Labute approximate surface area is 162 Å². The molecule has 1 amide bonds. The number of fused-ring (bicyclic) bond motifs is 1. The largest absolute Gasteiger partial charge is 0.491 e. The van der Waals surface area contributed by atoms with Crippen LogP contribution < -0.4 is 9.75 Å². The summed E-state index contributed by atoms with van der Waals surface area (Å²) in [6, 6.07) is 12.3. The fourth-order valence-electron chi connectivity index (χ4n) is 3.40. The molecule has 0 N–H and O–H groups in total. The van der Waals surface area contributed by atoms with Gasteiger partial charge < -0.3 is 4.74 Å². The first kappa shape index (κ1) is 20.5. The van der Waals surface area contributed by atoms with Gasteiger partial charge in [-0.15, -0.1) is 12.4 Å². The highest BCUT2D eigenvalue weighted by Gasteiger charge is 2.27. The van der Waals surface area contributed by atoms with Crippen molar-refractivity contribution in [1.82, 2.24) is 5.01 Å². The number of piperidine rings is 1. The predicted octanol–water partition coefficient (Wildman–Crippen LogP) is 5.05. The fraction of sp³-hybridized carbons (Fsp3) is 0.476. The van der Waals surface area contributed by atoms with Crippen molar-refractivity contribution in [2.24, 2.45) is 5.92 Å². The molecule has 2 aromatic rings. The van der Waals surface area contributed by atoms with Crippen molar-refractivity contribution in [3.63, 3.8) is 0 Å². The minimum absolute atomic E-state index is 0. The lowest BCUT2D eigenvalue weighted by atomic mass is 10.1. The number of halogens is 1. The molecule has 0 aliphatic carbocycles. The molecular formula is C21H29ClN2O2. The van der Waals surface area contributed by atoms with Crippen LogP contribution in [0.4, 0.5) is 5.69 Å². The quantitative estimate of drug-likeness (QED) is 0.731. The number of amides is 1. The van der Waals surface area contributed by atoms with E-state index in [-0.39, 0.29) is 18.3 Å². The number of ether oxygens (including phenoxy) is 1. The summed E-state index contributed by atoms with van der Waals surface area (Å²) in [4.78, 5) is 12.6. The SMILES string of the molecule is CC(=O)N(c1c(OCC(C)C)ccc2ccccc12)N1CCCCC1.Cl. The van der Waals surface area contributed by atoms with Gasteiger partial charge in [0, 0.05) is 25.4 Å². The third-order valence-electron chi connectivity index (χ3n) is 4.56. The van der Waals surface area contributed by atoms with Crippen LogP contribution in [0, 0.1) is 5.92 Å². The van der Waals surface area contributed by atoms with Crippen LogP contribution in [0.5, 0.6) is 5.75 Å². The van der Waals surface area contributed by atoms with E-state index in [4.69, 9.17) is 4.74 Å². The molecule has 1 aliphatic rings. The van der Waals surface area contributed by atoms with Gasteiger partial charge in [-0.2, -0.15) is 0 Å². The third-order valence-corrected chi connectivity index (χ3v) is 4.56. The standard InChI is InChI=1S/C21H28N2O2.ClH/c1-16(2)15-25-20-12-11-18-9-5-6-10-19(18)21(20)23(17(3)24)22-13-7-4-8-14-22;/h5-6,9-12,16H,4,7-8,13-15H2,1-3H3;1H. The van der Waals surface area contributed by atoms with Crippen LogP contribution in [0.1, 0.15) is 40.0 Å². The monoisotopic (exact) mass is 376 g/mol. The lowest BCUT2D eigenvalue weighted by Crippen LogP contribution is -2.48. The average molecular weight is 377 g/mol. The Balaban J connectivity index is 0.00000243. The van der Waals surface area contributed by atoms with Gasteiger partial charge in [-0.3, -0.25) is 4.79 Å². The Morgan fingerprint density at radius 2 is 1.81 bits per heavy atom. The molecule has 4 nitrogen and oxygen atoms in total. The summed E-state index contributed by atoms with van der Waals surface area (Å²) in [6.45, 7) is 8.36. The van der Waals surface area contributed by atoms with Crippen molar-refractivity contribution in [2.75, 3.05) is 24.7 Å². The van der Waals surface area contributed by atoms with Gasteiger partial charge in [0.05, 0.1) is 6.61 Å². The first-order valence-corrected chi connectivity index (χ1v) is 9.28. The summed E-state index contributed by atoms with van der Waals surface area (Å²) in [5.74, 6) is 1.25. The van der Waals surface area contributed by atoms with Crippen molar-refractivity contribution in [2.45, 2.75) is 40.0 Å². The van der Waals surface area contributed by atoms with E-state index in [1.807, 2.05) is 23.2 Å². The van der Waals surface area contributed by atoms with Gasteiger partial charge in [-0.25, -0.2) is 10.0 Å². The third kappa shape index (κ3) is 4.49. The molecule has 1 heterocycles. The van der Waals surface area contributed by atoms with Crippen LogP contribution in [0.2, 0.25) is 0 Å². The number of nitrogens with zero attached hydrogens (tertiary/aromatic N) is 2. The second-order valence-electron chi connectivity index (χ2n) is 7.18. The normalized spacial score (nSPS) is 14.9. The van der Waals surface area contributed by atoms with E-state index in [0.29, 0.717) is 12.5 Å². The fourth-order valence-corrected chi connectivity index (χ4v) is 3.40. The smallest absolute Gasteiger partial charge is 0.238 e. The van der Waals surface area contributed by atoms with Crippen molar-refractivity contribution < 1.29 is 9.53 Å². The zero-order valence-electron chi connectivity index (χ0n) is 15.9. The molecule has 5 heteroatoms. The molecule has 1 fully saturated rings. The van der Waals surface area contributed by atoms with E-state index in [0.717, 1.165) is 48.1 Å². The molecule has 26 heavy (non-hydrogen) atoms. The lowest BCUT2D eigenvalue weighted by Gasteiger charge is -2.38. The summed E-state index contributed by atoms with van der Waals surface area (Å²) < 4.78 is 6.11. The number of benzene rings is 2. The second kappa shape index (κ2) is 9.24. The van der Waals surface area contributed by atoms with Crippen LogP contribution in [0.3, 0.4) is 0 Å². The number of anilines is 1. The van der Waals surface area contributed by atoms with Gasteiger partial charge in [-0.1, -0.05) is 50.6 Å². The van der Waals surface area contributed by atoms with E-state index >= 15 is 0 Å². The molecule has 3 rings (SSSR count).